The van der Waals surface area contributed by atoms with E-state index in [1.165, 1.54) is 5.56 Å². The fourth-order valence-electron chi connectivity index (χ4n) is 3.17. The van der Waals surface area contributed by atoms with Crippen molar-refractivity contribution in [2.24, 2.45) is 5.10 Å². The highest BCUT2D eigenvalue weighted by atomic mass is 35.5. The molecule has 0 aliphatic heterocycles. The lowest BCUT2D eigenvalue weighted by Gasteiger charge is -2.06. The SMILES string of the molecule is Cl.O=C(N/N=C/c1ccc(OCc2ccccc2)cc1)c1ccc[n+](Cc2ccccc2)c1. The van der Waals surface area contributed by atoms with Crippen molar-refractivity contribution in [3.63, 3.8) is 0 Å². The fraction of sp³-hybridized carbons (Fsp3) is 0.0741. The summed E-state index contributed by atoms with van der Waals surface area (Å²) in [6.45, 7) is 1.22. The van der Waals surface area contributed by atoms with Gasteiger partial charge in [-0.15, -0.1) is 12.4 Å². The third-order valence-electron chi connectivity index (χ3n) is 4.84. The first-order valence-electron chi connectivity index (χ1n) is 10.4. The van der Waals surface area contributed by atoms with E-state index in [4.69, 9.17) is 4.74 Å². The first kappa shape index (κ1) is 23.7. The van der Waals surface area contributed by atoms with Gasteiger partial charge in [-0.25, -0.2) is 5.43 Å². The number of nitrogens with zero attached hydrogens (tertiary/aromatic N) is 2. The Morgan fingerprint density at radius 1 is 0.848 bits per heavy atom. The minimum absolute atomic E-state index is 0. The molecule has 0 unspecified atom stereocenters. The highest BCUT2D eigenvalue weighted by Gasteiger charge is 2.10. The summed E-state index contributed by atoms with van der Waals surface area (Å²) in [7, 11) is 0. The van der Waals surface area contributed by atoms with Gasteiger partial charge in [0.2, 0.25) is 0 Å². The molecule has 3 aromatic carbocycles. The van der Waals surface area contributed by atoms with Crippen LogP contribution in [0.5, 0.6) is 5.75 Å². The normalized spacial score (nSPS) is 10.4. The van der Waals surface area contributed by atoms with Crippen LogP contribution in [0.4, 0.5) is 0 Å². The smallest absolute Gasteiger partial charge is 0.277 e. The lowest BCUT2D eigenvalue weighted by molar-refractivity contribution is -0.688. The van der Waals surface area contributed by atoms with Gasteiger partial charge in [0, 0.05) is 11.6 Å². The van der Waals surface area contributed by atoms with Gasteiger partial charge in [-0.2, -0.15) is 9.67 Å². The summed E-state index contributed by atoms with van der Waals surface area (Å²) < 4.78 is 7.76. The van der Waals surface area contributed by atoms with Crippen molar-refractivity contribution in [1.29, 1.82) is 0 Å². The van der Waals surface area contributed by atoms with Crippen LogP contribution < -0.4 is 14.7 Å². The van der Waals surface area contributed by atoms with Gasteiger partial charge in [0.25, 0.3) is 5.91 Å². The summed E-state index contributed by atoms with van der Waals surface area (Å²) in [5.74, 6) is 0.522. The largest absolute Gasteiger partial charge is 0.489 e. The number of rotatable bonds is 8. The molecule has 4 rings (SSSR count). The van der Waals surface area contributed by atoms with E-state index < -0.39 is 0 Å². The van der Waals surface area contributed by atoms with Crippen molar-refractivity contribution in [3.8, 4) is 5.75 Å². The topological polar surface area (TPSA) is 54.6 Å². The summed E-state index contributed by atoms with van der Waals surface area (Å²) in [5.41, 5.74) is 6.29. The van der Waals surface area contributed by atoms with Crippen molar-refractivity contribution >= 4 is 24.5 Å². The highest BCUT2D eigenvalue weighted by Crippen LogP contribution is 2.13. The maximum atomic E-state index is 12.5. The second kappa shape index (κ2) is 12.2. The van der Waals surface area contributed by atoms with E-state index >= 15 is 0 Å². The molecule has 1 heterocycles. The molecule has 0 fully saturated rings. The fourth-order valence-corrected chi connectivity index (χ4v) is 3.17. The predicted octanol–water partition coefficient (Wildman–Crippen LogP) is 4.79. The van der Waals surface area contributed by atoms with Crippen LogP contribution in [-0.2, 0) is 13.2 Å². The molecule has 0 radical (unpaired) electrons. The number of benzene rings is 3. The Bertz CT molecular complexity index is 1180. The molecule has 1 N–H and O–H groups in total. The summed E-state index contributed by atoms with van der Waals surface area (Å²) >= 11 is 0. The van der Waals surface area contributed by atoms with E-state index in [0.717, 1.165) is 16.9 Å². The van der Waals surface area contributed by atoms with Crippen LogP contribution in [0, 0.1) is 0 Å². The molecule has 6 heteroatoms. The summed E-state index contributed by atoms with van der Waals surface area (Å²) in [5, 5.41) is 4.08. The molecular weight excluding hydrogens is 434 g/mol. The van der Waals surface area contributed by atoms with Crippen LogP contribution in [0.15, 0.2) is 115 Å². The number of carbonyl (C=O) groups excluding carboxylic acids is 1. The number of aromatic nitrogens is 1. The second-order valence-electron chi connectivity index (χ2n) is 7.29. The lowest BCUT2D eigenvalue weighted by atomic mass is 10.2. The van der Waals surface area contributed by atoms with Gasteiger partial charge in [-0.05, 0) is 41.5 Å². The second-order valence-corrected chi connectivity index (χ2v) is 7.29. The number of hydrogen-bond acceptors (Lipinski definition) is 3. The number of ether oxygens (including phenoxy) is 1. The van der Waals surface area contributed by atoms with Crippen LogP contribution in [0.2, 0.25) is 0 Å². The number of hydrazone groups is 1. The molecule has 0 atom stereocenters. The molecule has 4 aromatic rings. The quantitative estimate of drug-likeness (QED) is 0.234. The molecule has 5 nitrogen and oxygen atoms in total. The van der Waals surface area contributed by atoms with Gasteiger partial charge >= 0.3 is 0 Å². The van der Waals surface area contributed by atoms with Crippen molar-refractivity contribution in [1.82, 2.24) is 5.43 Å². The maximum absolute atomic E-state index is 12.5. The van der Waals surface area contributed by atoms with E-state index in [1.54, 1.807) is 12.3 Å². The van der Waals surface area contributed by atoms with Crippen molar-refractivity contribution < 1.29 is 14.1 Å². The first-order chi connectivity index (χ1) is 15.8. The zero-order valence-corrected chi connectivity index (χ0v) is 18.8. The highest BCUT2D eigenvalue weighted by molar-refractivity contribution is 5.94. The minimum Gasteiger partial charge on any atom is -0.489 e. The number of halogens is 1. The Hall–Kier alpha value is -3.96. The van der Waals surface area contributed by atoms with Crippen LogP contribution in [-0.4, -0.2) is 12.1 Å². The Labute approximate surface area is 199 Å². The molecule has 0 aliphatic rings. The third kappa shape index (κ3) is 7.30. The van der Waals surface area contributed by atoms with Crippen LogP contribution in [0.1, 0.15) is 27.0 Å². The summed E-state index contributed by atoms with van der Waals surface area (Å²) in [4.78, 5) is 12.5. The molecule has 0 saturated heterocycles. The average molecular weight is 459 g/mol. The lowest BCUT2D eigenvalue weighted by Crippen LogP contribution is -2.35. The van der Waals surface area contributed by atoms with Crippen LogP contribution in [0.25, 0.3) is 0 Å². The summed E-state index contributed by atoms with van der Waals surface area (Å²) in [6, 6.07) is 31.3. The Morgan fingerprint density at radius 3 is 2.21 bits per heavy atom. The van der Waals surface area contributed by atoms with Gasteiger partial charge in [-0.1, -0.05) is 60.7 Å². The third-order valence-corrected chi connectivity index (χ3v) is 4.84. The van der Waals surface area contributed by atoms with E-state index in [0.29, 0.717) is 18.7 Å². The predicted molar refractivity (Wildman–Crippen MR) is 132 cm³/mol. The molecule has 0 saturated carbocycles. The Balaban J connectivity index is 0.00000306. The number of nitrogens with one attached hydrogen (secondary N) is 1. The zero-order chi connectivity index (χ0) is 22.0. The van der Waals surface area contributed by atoms with Crippen molar-refractivity contribution in [2.45, 2.75) is 13.2 Å². The van der Waals surface area contributed by atoms with Crippen LogP contribution >= 0.6 is 12.4 Å². The molecular formula is C27H25ClN3O2+. The molecule has 0 aliphatic carbocycles. The average Bonchev–Trinajstić information content (AvgIpc) is 2.85. The van der Waals surface area contributed by atoms with Crippen LogP contribution in [0.3, 0.4) is 0 Å². The van der Waals surface area contributed by atoms with Gasteiger partial charge in [-0.3, -0.25) is 4.79 Å². The molecule has 33 heavy (non-hydrogen) atoms. The minimum atomic E-state index is -0.258. The zero-order valence-electron chi connectivity index (χ0n) is 18.0. The van der Waals surface area contributed by atoms with E-state index in [9.17, 15) is 4.79 Å². The Morgan fingerprint density at radius 2 is 1.52 bits per heavy atom. The Kier molecular flexibility index (Phi) is 8.74. The van der Waals surface area contributed by atoms with E-state index in [2.05, 4.69) is 22.7 Å². The van der Waals surface area contributed by atoms with E-state index in [1.807, 2.05) is 95.8 Å². The van der Waals surface area contributed by atoms with E-state index in [-0.39, 0.29) is 18.3 Å². The number of hydrogen-bond donors (Lipinski definition) is 1. The van der Waals surface area contributed by atoms with Gasteiger partial charge in [0.05, 0.1) is 6.21 Å². The first-order valence-corrected chi connectivity index (χ1v) is 10.4. The molecule has 1 aromatic heterocycles. The van der Waals surface area contributed by atoms with Gasteiger partial charge < -0.3 is 4.74 Å². The number of pyridine rings is 1. The summed E-state index contributed by atoms with van der Waals surface area (Å²) in [6.07, 6.45) is 5.37. The molecule has 166 valence electrons. The molecule has 1 amide bonds. The number of amides is 1. The standard InChI is InChI=1S/C27H23N3O2.ClH/c31-27(25-12-7-17-30(20-25)19-23-8-3-1-4-9-23)29-28-18-22-13-15-26(16-14-22)32-21-24-10-5-2-6-11-24;/h1-18,20H,19,21H2;1H/p+1/b28-18+;. The van der Waals surface area contributed by atoms with Crippen molar-refractivity contribution in [3.05, 3.63) is 132 Å². The monoisotopic (exact) mass is 458 g/mol. The maximum Gasteiger partial charge on any atom is 0.277 e. The van der Waals surface area contributed by atoms with Gasteiger partial charge in [0.1, 0.15) is 17.9 Å². The molecule has 0 bridgehead atoms. The molecule has 0 spiro atoms. The number of carbonyl (C=O) groups is 1. The van der Waals surface area contributed by atoms with Gasteiger partial charge in [0.15, 0.2) is 18.9 Å². The van der Waals surface area contributed by atoms with Crippen molar-refractivity contribution in [2.75, 3.05) is 0 Å².